The zero-order chi connectivity index (χ0) is 16.3. The van der Waals surface area contributed by atoms with E-state index in [0.717, 1.165) is 4.57 Å². The minimum Gasteiger partial charge on any atom is -0.408 e. The molecule has 8 heteroatoms. The fourth-order valence-electron chi connectivity index (χ4n) is 1.84. The molecule has 3 amide bonds. The number of imide groups is 1. The van der Waals surface area contributed by atoms with Gasteiger partial charge in [0.2, 0.25) is 5.91 Å². The van der Waals surface area contributed by atoms with Crippen molar-refractivity contribution in [2.75, 3.05) is 6.54 Å². The Morgan fingerprint density at radius 2 is 2.09 bits per heavy atom. The maximum Gasteiger partial charge on any atom is 0.420 e. The average molecular weight is 326 g/mol. The fraction of sp³-hybridized carbons (Fsp3) is 0.357. The molecule has 0 saturated heterocycles. The van der Waals surface area contributed by atoms with Crippen LogP contribution in [-0.2, 0) is 11.3 Å². The number of carbonyl (C=O) groups is 2. The molecule has 1 heterocycles. The molecule has 1 aromatic carbocycles. The molecule has 0 saturated carbocycles. The molecular formula is C14H16ClN3O4. The zero-order valence-corrected chi connectivity index (χ0v) is 12.9. The van der Waals surface area contributed by atoms with Gasteiger partial charge in [0.25, 0.3) is 0 Å². The lowest BCUT2D eigenvalue weighted by atomic mass is 10.2. The molecule has 0 atom stereocenters. The highest BCUT2D eigenvalue weighted by Gasteiger charge is 2.14. The number of urea groups is 1. The fourth-order valence-corrected chi connectivity index (χ4v) is 2.00. The highest BCUT2D eigenvalue weighted by molar-refractivity contribution is 6.31. The van der Waals surface area contributed by atoms with Gasteiger partial charge in [-0.25, -0.2) is 9.59 Å². The highest BCUT2D eigenvalue weighted by Crippen LogP contribution is 2.18. The van der Waals surface area contributed by atoms with Gasteiger partial charge >= 0.3 is 11.8 Å². The van der Waals surface area contributed by atoms with Crippen LogP contribution in [0.3, 0.4) is 0 Å². The Bertz CT molecular complexity index is 763. The molecule has 0 spiro atoms. The molecule has 2 N–H and O–H groups in total. The SMILES string of the molecule is CC(C)CNC(=O)NC(=O)Cn1c(=O)oc2cc(Cl)ccc21. The number of fused-ring (bicyclic) bond motifs is 1. The van der Waals surface area contributed by atoms with Gasteiger partial charge in [0.05, 0.1) is 5.52 Å². The van der Waals surface area contributed by atoms with Crippen LogP contribution >= 0.6 is 11.6 Å². The van der Waals surface area contributed by atoms with Crippen LogP contribution < -0.4 is 16.4 Å². The number of rotatable bonds is 4. The first-order valence-electron chi connectivity index (χ1n) is 6.73. The third kappa shape index (κ3) is 3.88. The molecule has 118 valence electrons. The van der Waals surface area contributed by atoms with Crippen molar-refractivity contribution in [3.8, 4) is 0 Å². The number of hydrogen-bond donors (Lipinski definition) is 2. The lowest BCUT2D eigenvalue weighted by molar-refractivity contribution is -0.120. The van der Waals surface area contributed by atoms with Crippen LogP contribution in [0.4, 0.5) is 4.79 Å². The molecule has 0 radical (unpaired) electrons. The van der Waals surface area contributed by atoms with E-state index in [-0.39, 0.29) is 18.0 Å². The lowest BCUT2D eigenvalue weighted by Crippen LogP contribution is -2.42. The topological polar surface area (TPSA) is 93.3 Å². The Labute approximate surface area is 131 Å². The van der Waals surface area contributed by atoms with E-state index in [4.69, 9.17) is 16.0 Å². The predicted octanol–water partition coefficient (Wildman–Crippen LogP) is 1.73. The minimum absolute atomic E-state index is 0.269. The first kappa shape index (κ1) is 16.1. The monoisotopic (exact) mass is 325 g/mol. The van der Waals surface area contributed by atoms with Crippen LogP contribution in [-0.4, -0.2) is 23.1 Å². The first-order chi connectivity index (χ1) is 10.4. The molecule has 0 fully saturated rings. The normalized spacial score (nSPS) is 10.9. The number of aromatic nitrogens is 1. The Morgan fingerprint density at radius 1 is 1.36 bits per heavy atom. The van der Waals surface area contributed by atoms with Crippen LogP contribution in [0.5, 0.6) is 0 Å². The Hall–Kier alpha value is -2.28. The van der Waals surface area contributed by atoms with E-state index >= 15 is 0 Å². The van der Waals surface area contributed by atoms with Gasteiger partial charge in [-0.05, 0) is 18.1 Å². The minimum atomic E-state index is -0.685. The van der Waals surface area contributed by atoms with Gasteiger partial charge in [-0.3, -0.25) is 14.7 Å². The van der Waals surface area contributed by atoms with Gasteiger partial charge in [0.15, 0.2) is 5.58 Å². The van der Waals surface area contributed by atoms with E-state index in [1.807, 2.05) is 13.8 Å². The smallest absolute Gasteiger partial charge is 0.408 e. The number of amides is 3. The van der Waals surface area contributed by atoms with Gasteiger partial charge in [-0.1, -0.05) is 25.4 Å². The molecule has 7 nitrogen and oxygen atoms in total. The van der Waals surface area contributed by atoms with Crippen molar-refractivity contribution in [2.45, 2.75) is 20.4 Å². The number of hydrogen-bond acceptors (Lipinski definition) is 4. The Kier molecular flexibility index (Phi) is 4.87. The standard InChI is InChI=1S/C14H16ClN3O4/c1-8(2)6-16-13(20)17-12(19)7-18-10-4-3-9(15)5-11(10)22-14(18)21/h3-5,8H,6-7H2,1-2H3,(H2,16,17,19,20). The summed E-state index contributed by atoms with van der Waals surface area (Å²) in [6.45, 7) is 4.00. The number of nitrogens with zero attached hydrogens (tertiary/aromatic N) is 1. The molecule has 22 heavy (non-hydrogen) atoms. The van der Waals surface area contributed by atoms with E-state index in [1.165, 1.54) is 6.07 Å². The average Bonchev–Trinajstić information content (AvgIpc) is 2.72. The molecular weight excluding hydrogens is 310 g/mol. The van der Waals surface area contributed by atoms with E-state index in [0.29, 0.717) is 17.1 Å². The summed E-state index contributed by atoms with van der Waals surface area (Å²) >= 11 is 5.81. The number of nitrogens with one attached hydrogen (secondary N) is 2. The molecule has 1 aromatic heterocycles. The Morgan fingerprint density at radius 3 is 2.77 bits per heavy atom. The largest absolute Gasteiger partial charge is 0.420 e. The van der Waals surface area contributed by atoms with Gasteiger partial charge in [-0.15, -0.1) is 0 Å². The summed E-state index contributed by atoms with van der Waals surface area (Å²) < 4.78 is 6.14. The van der Waals surface area contributed by atoms with Crippen LogP contribution in [0.25, 0.3) is 11.1 Å². The van der Waals surface area contributed by atoms with Crippen molar-refractivity contribution >= 4 is 34.6 Å². The maximum absolute atomic E-state index is 11.8. The molecule has 2 rings (SSSR count). The van der Waals surface area contributed by atoms with E-state index in [9.17, 15) is 14.4 Å². The highest BCUT2D eigenvalue weighted by atomic mass is 35.5. The van der Waals surface area contributed by atoms with Crippen LogP contribution in [0, 0.1) is 5.92 Å². The van der Waals surface area contributed by atoms with E-state index in [2.05, 4.69) is 10.6 Å². The van der Waals surface area contributed by atoms with Crippen LogP contribution in [0.15, 0.2) is 27.4 Å². The molecule has 0 aliphatic carbocycles. The van der Waals surface area contributed by atoms with Gasteiger partial charge < -0.3 is 9.73 Å². The molecule has 2 aromatic rings. The summed E-state index contributed by atoms with van der Waals surface area (Å²) in [5.41, 5.74) is 0.724. The summed E-state index contributed by atoms with van der Waals surface area (Å²) in [7, 11) is 0. The van der Waals surface area contributed by atoms with Gasteiger partial charge in [0, 0.05) is 17.6 Å². The number of carbonyl (C=O) groups excluding carboxylic acids is 2. The summed E-state index contributed by atoms with van der Waals surface area (Å²) in [6.07, 6.45) is 0. The van der Waals surface area contributed by atoms with Gasteiger partial charge in [-0.2, -0.15) is 0 Å². The number of oxazole rings is 1. The summed E-state index contributed by atoms with van der Waals surface area (Å²) in [6, 6.07) is 4.06. The molecule has 0 aliphatic rings. The van der Waals surface area contributed by atoms with Crippen molar-refractivity contribution in [1.29, 1.82) is 0 Å². The summed E-state index contributed by atoms with van der Waals surface area (Å²) in [4.78, 5) is 35.1. The van der Waals surface area contributed by atoms with Gasteiger partial charge in [0.1, 0.15) is 6.54 Å². The third-order valence-electron chi connectivity index (χ3n) is 2.86. The second kappa shape index (κ2) is 6.65. The van der Waals surface area contributed by atoms with Crippen LogP contribution in [0.2, 0.25) is 5.02 Å². The maximum atomic E-state index is 11.8. The molecule has 0 aliphatic heterocycles. The number of benzene rings is 1. The van der Waals surface area contributed by atoms with E-state index < -0.39 is 17.7 Å². The first-order valence-corrected chi connectivity index (χ1v) is 7.11. The van der Waals surface area contributed by atoms with Crippen LogP contribution in [0.1, 0.15) is 13.8 Å². The summed E-state index contributed by atoms with van der Waals surface area (Å²) in [5, 5.41) is 5.14. The van der Waals surface area contributed by atoms with Crippen molar-refractivity contribution in [1.82, 2.24) is 15.2 Å². The van der Waals surface area contributed by atoms with E-state index in [1.54, 1.807) is 12.1 Å². The lowest BCUT2D eigenvalue weighted by Gasteiger charge is -2.08. The molecule has 0 bridgehead atoms. The van der Waals surface area contributed by atoms with Crippen molar-refractivity contribution < 1.29 is 14.0 Å². The van der Waals surface area contributed by atoms with Crippen molar-refractivity contribution in [2.24, 2.45) is 5.92 Å². The second-order valence-corrected chi connectivity index (χ2v) is 5.65. The van der Waals surface area contributed by atoms with Crippen molar-refractivity contribution in [3.05, 3.63) is 33.8 Å². The second-order valence-electron chi connectivity index (χ2n) is 5.22. The molecule has 0 unspecified atom stereocenters. The quantitative estimate of drug-likeness (QED) is 0.895. The third-order valence-corrected chi connectivity index (χ3v) is 3.09. The predicted molar refractivity (Wildman–Crippen MR) is 81.9 cm³/mol. The number of halogens is 1. The Balaban J connectivity index is 2.07. The van der Waals surface area contributed by atoms with Crippen molar-refractivity contribution in [3.63, 3.8) is 0 Å². The zero-order valence-electron chi connectivity index (χ0n) is 12.2. The summed E-state index contributed by atoms with van der Waals surface area (Å²) in [5.74, 6) is -1.03.